The molecule has 1 heterocycles. The first kappa shape index (κ1) is 14.9. The van der Waals surface area contributed by atoms with Crippen LogP contribution in [0.25, 0.3) is 0 Å². The van der Waals surface area contributed by atoms with Crippen LogP contribution in [0.4, 0.5) is 0 Å². The van der Waals surface area contributed by atoms with Gasteiger partial charge >= 0.3 is 0 Å². The Balaban J connectivity index is 2.50. The van der Waals surface area contributed by atoms with E-state index in [1.165, 1.54) is 18.4 Å². The lowest BCUT2D eigenvalue weighted by atomic mass is 10.0. The summed E-state index contributed by atoms with van der Waals surface area (Å²) >= 11 is 2.03. The van der Waals surface area contributed by atoms with Crippen LogP contribution in [0.15, 0.2) is 11.8 Å². The minimum absolute atomic E-state index is 0.336. The number of hydrogen-bond donors (Lipinski definition) is 1. The van der Waals surface area contributed by atoms with E-state index in [4.69, 9.17) is 4.74 Å². The number of rotatable bonds is 6. The van der Waals surface area contributed by atoms with Crippen molar-refractivity contribution < 1.29 is 4.74 Å². The van der Waals surface area contributed by atoms with Crippen LogP contribution in [0.3, 0.4) is 0 Å². The van der Waals surface area contributed by atoms with Crippen molar-refractivity contribution in [1.29, 1.82) is 0 Å². The maximum Gasteiger partial charge on any atom is 0.0876 e. The molecule has 1 rings (SSSR count). The molecule has 0 amide bonds. The van der Waals surface area contributed by atoms with Crippen molar-refractivity contribution in [2.75, 3.05) is 18.9 Å². The second-order valence-corrected chi connectivity index (χ2v) is 7.44. The molecule has 0 fully saturated rings. The normalized spacial score (nSPS) is 18.5. The Morgan fingerprint density at radius 3 is 2.76 bits per heavy atom. The van der Waals surface area contributed by atoms with E-state index in [9.17, 15) is 0 Å². The number of ether oxygens (including phenoxy) is 1. The van der Waals surface area contributed by atoms with Crippen molar-refractivity contribution in [3.8, 4) is 0 Å². The molecular weight excluding hydrogens is 230 g/mol. The molecule has 1 aliphatic heterocycles. The average Bonchev–Trinajstić information content (AvgIpc) is 2.29. The van der Waals surface area contributed by atoms with Gasteiger partial charge in [-0.3, -0.25) is 0 Å². The van der Waals surface area contributed by atoms with Gasteiger partial charge in [-0.1, -0.05) is 27.7 Å². The van der Waals surface area contributed by atoms with Crippen LogP contribution in [-0.4, -0.2) is 29.7 Å². The molecule has 0 aromatic rings. The van der Waals surface area contributed by atoms with Crippen molar-refractivity contribution in [2.45, 2.75) is 57.7 Å². The van der Waals surface area contributed by atoms with Gasteiger partial charge < -0.3 is 10.1 Å². The van der Waals surface area contributed by atoms with Crippen LogP contribution in [-0.2, 0) is 4.74 Å². The molecule has 0 aromatic heterocycles. The quantitative estimate of drug-likeness (QED) is 0.786. The Bertz CT molecular complexity index is 245. The van der Waals surface area contributed by atoms with Gasteiger partial charge in [0.2, 0.25) is 0 Å². The van der Waals surface area contributed by atoms with Crippen LogP contribution in [0, 0.1) is 0 Å². The molecule has 0 spiro atoms. The zero-order valence-electron chi connectivity index (χ0n) is 11.7. The van der Waals surface area contributed by atoms with E-state index in [1.807, 2.05) is 18.0 Å². The summed E-state index contributed by atoms with van der Waals surface area (Å²) in [6, 6.07) is 0.486. The Morgan fingerprint density at radius 1 is 1.47 bits per heavy atom. The van der Waals surface area contributed by atoms with Crippen molar-refractivity contribution in [3.63, 3.8) is 0 Å². The van der Waals surface area contributed by atoms with Crippen molar-refractivity contribution in [2.24, 2.45) is 0 Å². The van der Waals surface area contributed by atoms with Crippen molar-refractivity contribution >= 4 is 11.8 Å². The SMILES string of the molecule is CCCNC(CSC(C)(C)C)C1=COCCC1. The molecule has 1 aliphatic rings. The van der Waals surface area contributed by atoms with Crippen LogP contribution < -0.4 is 5.32 Å². The average molecular weight is 257 g/mol. The van der Waals surface area contributed by atoms with Crippen molar-refractivity contribution in [1.82, 2.24) is 5.32 Å². The lowest BCUT2D eigenvalue weighted by Crippen LogP contribution is -2.36. The first-order valence-corrected chi connectivity index (χ1v) is 7.69. The molecule has 17 heavy (non-hydrogen) atoms. The number of thioether (sulfide) groups is 1. The molecule has 0 saturated carbocycles. The molecule has 0 saturated heterocycles. The molecule has 0 aromatic carbocycles. The molecule has 1 atom stereocenters. The maximum atomic E-state index is 5.46. The summed E-state index contributed by atoms with van der Waals surface area (Å²) < 4.78 is 5.80. The summed E-state index contributed by atoms with van der Waals surface area (Å²) in [6.45, 7) is 11.0. The minimum atomic E-state index is 0.336. The standard InChI is InChI=1S/C14H27NOS/c1-5-8-15-13(11-17-14(2,3)4)12-7-6-9-16-10-12/h10,13,15H,5-9,11H2,1-4H3. The van der Waals surface area contributed by atoms with Gasteiger partial charge in [0.25, 0.3) is 0 Å². The van der Waals surface area contributed by atoms with Gasteiger partial charge in [-0.15, -0.1) is 0 Å². The zero-order chi connectivity index (χ0) is 12.7. The summed E-state index contributed by atoms with van der Waals surface area (Å²) in [4.78, 5) is 0. The number of nitrogens with one attached hydrogen (secondary N) is 1. The molecule has 100 valence electrons. The summed E-state index contributed by atoms with van der Waals surface area (Å²) in [7, 11) is 0. The summed E-state index contributed by atoms with van der Waals surface area (Å²) in [5.41, 5.74) is 1.45. The third-order valence-electron chi connectivity index (χ3n) is 2.73. The molecule has 2 nitrogen and oxygen atoms in total. The van der Waals surface area contributed by atoms with E-state index >= 15 is 0 Å². The fourth-order valence-corrected chi connectivity index (χ4v) is 2.79. The van der Waals surface area contributed by atoms with E-state index in [0.29, 0.717) is 10.8 Å². The maximum absolute atomic E-state index is 5.46. The van der Waals surface area contributed by atoms with Crippen LogP contribution in [0.2, 0.25) is 0 Å². The summed E-state index contributed by atoms with van der Waals surface area (Å²) in [5.74, 6) is 1.14. The van der Waals surface area contributed by atoms with E-state index in [0.717, 1.165) is 25.3 Å². The van der Waals surface area contributed by atoms with Gasteiger partial charge in [-0.25, -0.2) is 0 Å². The summed E-state index contributed by atoms with van der Waals surface area (Å²) in [5, 5.41) is 3.64. The molecule has 0 aliphatic carbocycles. The van der Waals surface area contributed by atoms with Crippen LogP contribution in [0.1, 0.15) is 47.0 Å². The highest BCUT2D eigenvalue weighted by atomic mass is 32.2. The van der Waals surface area contributed by atoms with E-state index in [1.54, 1.807) is 0 Å². The first-order chi connectivity index (χ1) is 8.03. The molecule has 1 unspecified atom stereocenters. The van der Waals surface area contributed by atoms with E-state index in [2.05, 4.69) is 33.0 Å². The minimum Gasteiger partial charge on any atom is -0.501 e. The van der Waals surface area contributed by atoms with Gasteiger partial charge in [0.15, 0.2) is 0 Å². The van der Waals surface area contributed by atoms with Crippen LogP contribution in [0.5, 0.6) is 0 Å². The number of hydrogen-bond acceptors (Lipinski definition) is 3. The van der Waals surface area contributed by atoms with Crippen LogP contribution >= 0.6 is 11.8 Å². The zero-order valence-corrected chi connectivity index (χ0v) is 12.5. The smallest absolute Gasteiger partial charge is 0.0876 e. The predicted octanol–water partition coefficient (Wildman–Crippen LogP) is 3.58. The lowest BCUT2D eigenvalue weighted by Gasteiger charge is -2.27. The van der Waals surface area contributed by atoms with Gasteiger partial charge in [-0.05, 0) is 31.4 Å². The Morgan fingerprint density at radius 2 is 2.24 bits per heavy atom. The fraction of sp³-hybridized carbons (Fsp3) is 0.857. The monoisotopic (exact) mass is 257 g/mol. The molecular formula is C14H27NOS. The highest BCUT2D eigenvalue weighted by molar-refractivity contribution is 8.00. The highest BCUT2D eigenvalue weighted by Crippen LogP contribution is 2.27. The Hall–Kier alpha value is -0.150. The fourth-order valence-electron chi connectivity index (χ4n) is 1.79. The van der Waals surface area contributed by atoms with Gasteiger partial charge in [0.1, 0.15) is 0 Å². The van der Waals surface area contributed by atoms with E-state index < -0.39 is 0 Å². The third-order valence-corrected chi connectivity index (χ3v) is 4.10. The molecule has 1 N–H and O–H groups in total. The summed E-state index contributed by atoms with van der Waals surface area (Å²) in [6.07, 6.45) is 5.52. The molecule has 0 bridgehead atoms. The second kappa shape index (κ2) is 7.32. The first-order valence-electron chi connectivity index (χ1n) is 6.71. The largest absolute Gasteiger partial charge is 0.501 e. The third kappa shape index (κ3) is 6.37. The van der Waals surface area contributed by atoms with Gasteiger partial charge in [0, 0.05) is 16.5 Å². The lowest BCUT2D eigenvalue weighted by molar-refractivity contribution is 0.220. The Labute approximate surface area is 111 Å². The highest BCUT2D eigenvalue weighted by Gasteiger charge is 2.20. The van der Waals surface area contributed by atoms with Gasteiger partial charge in [-0.2, -0.15) is 11.8 Å². The molecule has 3 heteroatoms. The topological polar surface area (TPSA) is 21.3 Å². The molecule has 0 radical (unpaired) electrons. The van der Waals surface area contributed by atoms with E-state index in [-0.39, 0.29) is 0 Å². The second-order valence-electron chi connectivity index (χ2n) is 5.60. The van der Waals surface area contributed by atoms with Crippen molar-refractivity contribution in [3.05, 3.63) is 11.8 Å². The van der Waals surface area contributed by atoms with Gasteiger partial charge in [0.05, 0.1) is 12.9 Å². The Kier molecular flexibility index (Phi) is 6.42. The predicted molar refractivity (Wildman–Crippen MR) is 77.6 cm³/mol.